The summed E-state index contributed by atoms with van der Waals surface area (Å²) in [6.07, 6.45) is 0. The van der Waals surface area contributed by atoms with E-state index in [-0.39, 0.29) is 25.0 Å². The van der Waals surface area contributed by atoms with Gasteiger partial charge >= 0.3 is 0 Å². The van der Waals surface area contributed by atoms with Crippen LogP contribution >= 0.6 is 0 Å². The molecule has 26 heavy (non-hydrogen) atoms. The minimum atomic E-state index is -0.223. The second-order valence-corrected chi connectivity index (χ2v) is 6.04. The average Bonchev–Trinajstić information content (AvgIpc) is 2.92. The van der Waals surface area contributed by atoms with E-state index in [0.717, 1.165) is 16.6 Å². The molecule has 0 saturated heterocycles. The summed E-state index contributed by atoms with van der Waals surface area (Å²) in [7, 11) is 1.47. The Hall–Kier alpha value is -3.12. The number of carbonyl (C=O) groups excluding carboxylic acids is 2. The van der Waals surface area contributed by atoms with Crippen LogP contribution in [0.3, 0.4) is 0 Å². The molecule has 0 bridgehead atoms. The number of carbonyl (C=O) groups is 2. The number of fused-ring (bicyclic) bond motifs is 1. The Bertz CT molecular complexity index is 929. The molecule has 0 saturated carbocycles. The number of rotatable bonds is 6. The van der Waals surface area contributed by atoms with E-state index in [1.807, 2.05) is 35.8 Å². The molecular weight excluding hydrogens is 330 g/mol. The molecule has 0 aliphatic heterocycles. The average molecular weight is 351 g/mol. The number of benzene rings is 2. The van der Waals surface area contributed by atoms with E-state index >= 15 is 0 Å². The molecule has 6 heteroatoms. The van der Waals surface area contributed by atoms with Crippen LogP contribution in [-0.4, -0.2) is 30.1 Å². The van der Waals surface area contributed by atoms with Crippen LogP contribution in [0.5, 0.6) is 0 Å². The number of anilines is 2. The summed E-state index contributed by atoms with van der Waals surface area (Å²) in [5.41, 5.74) is 3.40. The Morgan fingerprint density at radius 2 is 1.58 bits per heavy atom. The van der Waals surface area contributed by atoms with Gasteiger partial charge in [0.1, 0.15) is 13.2 Å². The highest BCUT2D eigenvalue weighted by Gasteiger charge is 2.10. The zero-order valence-corrected chi connectivity index (χ0v) is 14.8. The van der Waals surface area contributed by atoms with E-state index in [0.29, 0.717) is 11.4 Å². The van der Waals surface area contributed by atoms with Crippen molar-refractivity contribution in [1.82, 2.24) is 4.57 Å². The zero-order chi connectivity index (χ0) is 18.5. The number of ether oxygens (including phenoxy) is 1. The number of hydrogen-bond donors (Lipinski definition) is 2. The van der Waals surface area contributed by atoms with Crippen molar-refractivity contribution in [2.24, 2.45) is 0 Å². The Balaban J connectivity index is 1.64. The van der Waals surface area contributed by atoms with Crippen molar-refractivity contribution in [2.75, 3.05) is 24.4 Å². The fourth-order valence-electron chi connectivity index (χ4n) is 2.87. The van der Waals surface area contributed by atoms with Crippen LogP contribution in [0.2, 0.25) is 0 Å². The van der Waals surface area contributed by atoms with Crippen molar-refractivity contribution in [2.45, 2.75) is 13.5 Å². The molecule has 0 spiro atoms. The monoisotopic (exact) mass is 351 g/mol. The zero-order valence-electron chi connectivity index (χ0n) is 14.8. The third-order valence-electron chi connectivity index (χ3n) is 4.05. The van der Waals surface area contributed by atoms with E-state index in [2.05, 4.69) is 16.7 Å². The second-order valence-electron chi connectivity index (χ2n) is 6.04. The lowest BCUT2D eigenvalue weighted by Gasteiger charge is -2.10. The van der Waals surface area contributed by atoms with E-state index in [4.69, 9.17) is 4.74 Å². The lowest BCUT2D eigenvalue weighted by atomic mass is 10.2. The Morgan fingerprint density at radius 3 is 2.23 bits per heavy atom. The van der Waals surface area contributed by atoms with Crippen LogP contribution in [0.25, 0.3) is 10.9 Å². The fraction of sp³-hybridized carbons (Fsp3) is 0.200. The summed E-state index contributed by atoms with van der Waals surface area (Å²) in [4.78, 5) is 23.9. The largest absolute Gasteiger partial charge is 0.375 e. The number of nitrogens with one attached hydrogen (secondary N) is 2. The Morgan fingerprint density at radius 1 is 0.962 bits per heavy atom. The maximum Gasteiger partial charge on any atom is 0.250 e. The topological polar surface area (TPSA) is 72.4 Å². The molecule has 6 nitrogen and oxygen atoms in total. The molecule has 2 N–H and O–H groups in total. The molecule has 3 aromatic rings. The van der Waals surface area contributed by atoms with E-state index < -0.39 is 0 Å². The molecule has 0 fully saturated rings. The van der Waals surface area contributed by atoms with Gasteiger partial charge in [-0.05, 0) is 48.7 Å². The van der Waals surface area contributed by atoms with Gasteiger partial charge in [0.05, 0.1) is 0 Å². The van der Waals surface area contributed by atoms with Gasteiger partial charge in [0.25, 0.3) is 0 Å². The molecule has 2 aromatic carbocycles. The van der Waals surface area contributed by atoms with Crippen LogP contribution in [0, 0.1) is 6.92 Å². The third kappa shape index (κ3) is 4.10. The lowest BCUT2D eigenvalue weighted by molar-refractivity contribution is -0.119. The molecule has 0 aliphatic carbocycles. The molecule has 0 atom stereocenters. The van der Waals surface area contributed by atoms with Gasteiger partial charge in [0.2, 0.25) is 11.8 Å². The molecular formula is C20H21N3O3. The van der Waals surface area contributed by atoms with Crippen molar-refractivity contribution in [3.63, 3.8) is 0 Å². The van der Waals surface area contributed by atoms with Gasteiger partial charge in [-0.2, -0.15) is 0 Å². The van der Waals surface area contributed by atoms with Gasteiger partial charge in [-0.25, -0.2) is 0 Å². The predicted octanol–water partition coefficient (Wildman–Crippen LogP) is 3.17. The van der Waals surface area contributed by atoms with E-state index in [1.54, 1.807) is 24.3 Å². The summed E-state index contributed by atoms with van der Waals surface area (Å²) >= 11 is 0. The van der Waals surface area contributed by atoms with Crippen LogP contribution in [0.4, 0.5) is 11.4 Å². The van der Waals surface area contributed by atoms with Crippen LogP contribution in [0.1, 0.15) is 5.69 Å². The number of amides is 2. The van der Waals surface area contributed by atoms with Gasteiger partial charge in [0.15, 0.2) is 0 Å². The number of aryl methyl sites for hydroxylation is 1. The number of aromatic nitrogens is 1. The van der Waals surface area contributed by atoms with Gasteiger partial charge in [0, 0.05) is 29.7 Å². The van der Waals surface area contributed by atoms with Crippen LogP contribution in [0.15, 0.2) is 54.6 Å². The first-order valence-electron chi connectivity index (χ1n) is 8.30. The molecule has 3 rings (SSSR count). The van der Waals surface area contributed by atoms with Crippen molar-refractivity contribution in [3.05, 3.63) is 60.3 Å². The van der Waals surface area contributed by atoms with E-state index in [9.17, 15) is 9.59 Å². The molecule has 1 heterocycles. The first-order valence-corrected chi connectivity index (χ1v) is 8.30. The van der Waals surface area contributed by atoms with Gasteiger partial charge in [-0.15, -0.1) is 0 Å². The van der Waals surface area contributed by atoms with Gasteiger partial charge < -0.3 is 19.9 Å². The summed E-state index contributed by atoms with van der Waals surface area (Å²) < 4.78 is 6.76. The van der Waals surface area contributed by atoms with Gasteiger partial charge in [-0.3, -0.25) is 9.59 Å². The molecule has 134 valence electrons. The first-order chi connectivity index (χ1) is 12.6. The standard InChI is InChI=1S/C20H21N3O3/c1-14-11-15-5-3-4-6-18(15)23(14)12-19(24)21-16-7-9-17(10-8-16)22-20(25)13-26-2/h3-11H,12-13H2,1-2H3,(H,21,24)(H,22,25). The highest BCUT2D eigenvalue weighted by Crippen LogP contribution is 2.19. The minimum Gasteiger partial charge on any atom is -0.375 e. The summed E-state index contributed by atoms with van der Waals surface area (Å²) in [5.74, 6) is -0.329. The highest BCUT2D eigenvalue weighted by molar-refractivity contribution is 5.94. The van der Waals surface area contributed by atoms with Crippen LogP contribution in [-0.2, 0) is 20.9 Å². The van der Waals surface area contributed by atoms with Gasteiger partial charge in [-0.1, -0.05) is 18.2 Å². The molecule has 1 aromatic heterocycles. The summed E-state index contributed by atoms with van der Waals surface area (Å²) in [6, 6.07) is 17.0. The van der Waals surface area contributed by atoms with Crippen molar-refractivity contribution in [3.8, 4) is 0 Å². The Kier molecular flexibility index (Phi) is 5.34. The third-order valence-corrected chi connectivity index (χ3v) is 4.05. The number of hydrogen-bond acceptors (Lipinski definition) is 3. The van der Waals surface area contributed by atoms with Crippen molar-refractivity contribution >= 4 is 34.1 Å². The number of methoxy groups -OCH3 is 1. The molecule has 2 amide bonds. The normalized spacial score (nSPS) is 10.7. The molecule has 0 radical (unpaired) electrons. The second kappa shape index (κ2) is 7.84. The Labute approximate surface area is 151 Å². The number of para-hydroxylation sites is 1. The maximum atomic E-state index is 12.4. The number of nitrogens with zero attached hydrogens (tertiary/aromatic N) is 1. The lowest BCUT2D eigenvalue weighted by Crippen LogP contribution is -2.19. The van der Waals surface area contributed by atoms with Crippen molar-refractivity contribution < 1.29 is 14.3 Å². The maximum absolute atomic E-state index is 12.4. The molecule has 0 aliphatic rings. The highest BCUT2D eigenvalue weighted by atomic mass is 16.5. The first kappa shape index (κ1) is 17.7. The van der Waals surface area contributed by atoms with E-state index in [1.165, 1.54) is 7.11 Å². The van der Waals surface area contributed by atoms with Crippen molar-refractivity contribution in [1.29, 1.82) is 0 Å². The fourth-order valence-corrected chi connectivity index (χ4v) is 2.87. The predicted molar refractivity (Wildman–Crippen MR) is 102 cm³/mol. The minimum absolute atomic E-state index is 0.00264. The summed E-state index contributed by atoms with van der Waals surface area (Å²) in [5, 5.41) is 6.71. The van der Waals surface area contributed by atoms with Crippen LogP contribution < -0.4 is 10.6 Å². The quantitative estimate of drug-likeness (QED) is 0.716. The summed E-state index contributed by atoms with van der Waals surface area (Å²) in [6.45, 7) is 2.24. The molecule has 0 unspecified atom stereocenters. The SMILES string of the molecule is COCC(=O)Nc1ccc(NC(=O)Cn2c(C)cc3ccccc32)cc1. The smallest absolute Gasteiger partial charge is 0.250 e.